The van der Waals surface area contributed by atoms with Crippen LogP contribution in [-0.2, 0) is 21.4 Å². The zero-order chi connectivity index (χ0) is 19.4. The Morgan fingerprint density at radius 3 is 2.59 bits per heavy atom. The molecular weight excluding hydrogens is 369 g/mol. The largest absolute Gasteiger partial charge is 0.308 e. The van der Waals surface area contributed by atoms with Crippen molar-refractivity contribution in [2.45, 2.75) is 19.4 Å². The first-order valence-electron chi connectivity index (χ1n) is 8.75. The molecule has 27 heavy (non-hydrogen) atoms. The summed E-state index contributed by atoms with van der Waals surface area (Å²) >= 11 is 0. The summed E-state index contributed by atoms with van der Waals surface area (Å²) < 4.78 is 38.5. The van der Waals surface area contributed by atoms with Gasteiger partial charge in [0.05, 0.1) is 12.8 Å². The molecule has 0 spiro atoms. The lowest BCUT2D eigenvalue weighted by Gasteiger charge is -2.33. The number of hydrogen-bond donors (Lipinski definition) is 0. The van der Waals surface area contributed by atoms with Crippen LogP contribution in [0.4, 0.5) is 10.1 Å². The number of piperidine rings is 1. The lowest BCUT2D eigenvalue weighted by molar-refractivity contribution is -0.123. The monoisotopic (exact) mass is 391 g/mol. The number of sulfonamides is 1. The van der Waals surface area contributed by atoms with E-state index in [4.69, 9.17) is 0 Å². The van der Waals surface area contributed by atoms with Gasteiger partial charge in [0.1, 0.15) is 5.82 Å². The Morgan fingerprint density at radius 1 is 1.26 bits per heavy atom. The molecule has 0 aliphatic carbocycles. The number of amides is 1. The van der Waals surface area contributed by atoms with E-state index in [9.17, 15) is 17.6 Å². The number of carbonyl (C=O) groups is 1. The molecule has 0 unspecified atom stereocenters. The van der Waals surface area contributed by atoms with Crippen molar-refractivity contribution in [2.75, 3.05) is 24.2 Å². The molecule has 0 N–H and O–H groups in total. The van der Waals surface area contributed by atoms with Crippen molar-refractivity contribution in [3.05, 3.63) is 60.2 Å². The zero-order valence-corrected chi connectivity index (χ0v) is 15.9. The highest BCUT2D eigenvalue weighted by Gasteiger charge is 2.32. The third-order valence-electron chi connectivity index (χ3n) is 4.72. The Bertz CT molecular complexity index is 897. The Kier molecular flexibility index (Phi) is 5.86. The van der Waals surface area contributed by atoms with Crippen LogP contribution in [0.1, 0.15) is 18.4 Å². The Labute approximate surface area is 158 Å². The van der Waals surface area contributed by atoms with E-state index in [1.54, 1.807) is 35.5 Å². The highest BCUT2D eigenvalue weighted by atomic mass is 32.2. The fourth-order valence-corrected chi connectivity index (χ4v) is 4.14. The van der Waals surface area contributed by atoms with Crippen LogP contribution in [0.5, 0.6) is 0 Å². The molecule has 2 aromatic rings. The van der Waals surface area contributed by atoms with Gasteiger partial charge in [-0.1, -0.05) is 12.1 Å². The van der Waals surface area contributed by atoms with E-state index in [1.807, 2.05) is 6.07 Å². The normalized spacial score (nSPS) is 16.2. The van der Waals surface area contributed by atoms with Gasteiger partial charge in [-0.3, -0.25) is 9.78 Å². The van der Waals surface area contributed by atoms with Gasteiger partial charge in [0.2, 0.25) is 15.9 Å². The van der Waals surface area contributed by atoms with Crippen molar-refractivity contribution < 1.29 is 17.6 Å². The van der Waals surface area contributed by atoms with Gasteiger partial charge in [-0.15, -0.1) is 0 Å². The number of anilines is 1. The summed E-state index contributed by atoms with van der Waals surface area (Å²) in [4.78, 5) is 18.8. The average molecular weight is 391 g/mol. The molecule has 144 valence electrons. The molecule has 1 aliphatic rings. The maximum absolute atomic E-state index is 13.7. The van der Waals surface area contributed by atoms with Gasteiger partial charge in [-0.05, 0) is 42.7 Å². The summed E-state index contributed by atoms with van der Waals surface area (Å²) in [6.45, 7) is 0.917. The maximum Gasteiger partial charge on any atom is 0.230 e. The quantitative estimate of drug-likeness (QED) is 0.785. The lowest BCUT2D eigenvalue weighted by Crippen LogP contribution is -2.44. The zero-order valence-electron chi connectivity index (χ0n) is 15.1. The molecule has 1 aromatic heterocycles. The number of benzene rings is 1. The van der Waals surface area contributed by atoms with Crippen LogP contribution >= 0.6 is 0 Å². The topological polar surface area (TPSA) is 70.6 Å². The van der Waals surface area contributed by atoms with Crippen molar-refractivity contribution in [2.24, 2.45) is 5.92 Å². The van der Waals surface area contributed by atoms with Gasteiger partial charge in [0.15, 0.2) is 0 Å². The van der Waals surface area contributed by atoms with E-state index >= 15 is 0 Å². The second-order valence-electron chi connectivity index (χ2n) is 6.70. The number of nitrogens with zero attached hydrogens (tertiary/aromatic N) is 3. The predicted molar refractivity (Wildman–Crippen MR) is 101 cm³/mol. The fraction of sp³-hybridized carbons (Fsp3) is 0.368. The van der Waals surface area contributed by atoms with E-state index in [0.717, 1.165) is 5.56 Å². The van der Waals surface area contributed by atoms with Crippen LogP contribution in [0.2, 0.25) is 0 Å². The minimum atomic E-state index is -3.25. The summed E-state index contributed by atoms with van der Waals surface area (Å²) in [5, 5.41) is 0. The van der Waals surface area contributed by atoms with Crippen LogP contribution in [0.25, 0.3) is 0 Å². The second kappa shape index (κ2) is 8.14. The van der Waals surface area contributed by atoms with Crippen molar-refractivity contribution in [1.29, 1.82) is 0 Å². The number of carbonyl (C=O) groups excluding carboxylic acids is 1. The predicted octanol–water partition coefficient (Wildman–Crippen LogP) is 2.43. The molecule has 0 bridgehead atoms. The number of aromatic nitrogens is 1. The molecule has 0 radical (unpaired) electrons. The van der Waals surface area contributed by atoms with E-state index in [-0.39, 0.29) is 18.4 Å². The van der Waals surface area contributed by atoms with E-state index < -0.39 is 15.8 Å². The first-order valence-corrected chi connectivity index (χ1v) is 10.6. The first-order chi connectivity index (χ1) is 12.8. The van der Waals surface area contributed by atoms with Gasteiger partial charge in [0, 0.05) is 37.1 Å². The molecule has 1 aromatic carbocycles. The molecule has 0 atom stereocenters. The minimum absolute atomic E-state index is 0.127. The highest BCUT2D eigenvalue weighted by Crippen LogP contribution is 2.26. The Morgan fingerprint density at radius 2 is 2.00 bits per heavy atom. The number of hydrogen-bond acceptors (Lipinski definition) is 4. The van der Waals surface area contributed by atoms with Crippen molar-refractivity contribution in [1.82, 2.24) is 9.29 Å². The van der Waals surface area contributed by atoms with Crippen molar-refractivity contribution in [3.8, 4) is 0 Å². The van der Waals surface area contributed by atoms with E-state index in [0.29, 0.717) is 31.6 Å². The molecule has 1 aliphatic heterocycles. The standard InChI is InChI=1S/C19H22FN3O3S/c1-27(25,26)22-10-7-16(8-11-22)19(24)23(14-15-4-3-9-21-13-15)18-6-2-5-17(20)12-18/h2-6,9,12-13,16H,7-8,10-11,14H2,1H3. The first kappa shape index (κ1) is 19.4. The van der Waals surface area contributed by atoms with Crippen LogP contribution in [0.3, 0.4) is 0 Å². The molecule has 0 saturated carbocycles. The molecule has 8 heteroatoms. The number of rotatable bonds is 5. The smallest absolute Gasteiger partial charge is 0.230 e. The summed E-state index contributed by atoms with van der Waals surface area (Å²) in [6.07, 6.45) is 5.40. The van der Waals surface area contributed by atoms with Crippen molar-refractivity contribution in [3.63, 3.8) is 0 Å². The van der Waals surface area contributed by atoms with Gasteiger partial charge in [-0.2, -0.15) is 0 Å². The van der Waals surface area contributed by atoms with Crippen LogP contribution in [-0.4, -0.2) is 43.0 Å². The van der Waals surface area contributed by atoms with Gasteiger partial charge in [0.25, 0.3) is 0 Å². The number of pyridine rings is 1. The van der Waals surface area contributed by atoms with Gasteiger partial charge < -0.3 is 4.90 Å². The molecule has 2 heterocycles. The molecular formula is C19H22FN3O3S. The lowest BCUT2D eigenvalue weighted by atomic mass is 9.96. The molecule has 3 rings (SSSR count). The molecule has 1 saturated heterocycles. The van der Waals surface area contributed by atoms with Crippen LogP contribution in [0.15, 0.2) is 48.8 Å². The SMILES string of the molecule is CS(=O)(=O)N1CCC(C(=O)N(Cc2cccnc2)c2cccc(F)c2)CC1. The third kappa shape index (κ3) is 4.90. The van der Waals surface area contributed by atoms with Gasteiger partial charge >= 0.3 is 0 Å². The summed E-state index contributed by atoms with van der Waals surface area (Å²) in [5.41, 5.74) is 1.32. The Hall–Kier alpha value is -2.32. The third-order valence-corrected chi connectivity index (χ3v) is 6.02. The maximum atomic E-state index is 13.7. The molecule has 1 fully saturated rings. The van der Waals surface area contributed by atoms with E-state index in [1.165, 1.54) is 22.7 Å². The summed E-state index contributed by atoms with van der Waals surface area (Å²) in [5.74, 6) is -0.844. The molecule has 1 amide bonds. The van der Waals surface area contributed by atoms with Crippen LogP contribution in [0, 0.1) is 11.7 Å². The number of halogens is 1. The van der Waals surface area contributed by atoms with E-state index in [2.05, 4.69) is 4.98 Å². The minimum Gasteiger partial charge on any atom is -0.308 e. The van der Waals surface area contributed by atoms with Crippen molar-refractivity contribution >= 4 is 21.6 Å². The second-order valence-corrected chi connectivity index (χ2v) is 8.68. The summed E-state index contributed by atoms with van der Waals surface area (Å²) in [7, 11) is -3.25. The van der Waals surface area contributed by atoms with Gasteiger partial charge in [-0.25, -0.2) is 17.1 Å². The Balaban J connectivity index is 1.81. The summed E-state index contributed by atoms with van der Waals surface area (Å²) in [6, 6.07) is 9.58. The van der Waals surface area contributed by atoms with Crippen LogP contribution < -0.4 is 4.90 Å². The highest BCUT2D eigenvalue weighted by molar-refractivity contribution is 7.88. The fourth-order valence-electron chi connectivity index (χ4n) is 3.27. The average Bonchev–Trinajstić information content (AvgIpc) is 2.66. The molecule has 6 nitrogen and oxygen atoms in total.